The Morgan fingerprint density at radius 3 is 2.49 bits per heavy atom. The molecular formula is C26H19Cl2N3O3S. The first-order valence-electron chi connectivity index (χ1n) is 10.5. The van der Waals surface area contributed by atoms with Crippen LogP contribution in [0.15, 0.2) is 83.4 Å². The van der Waals surface area contributed by atoms with Gasteiger partial charge < -0.3 is 10.1 Å². The van der Waals surface area contributed by atoms with Gasteiger partial charge in [0.1, 0.15) is 22.4 Å². The Hall–Kier alpha value is -3.44. The number of nitrogens with zero attached hydrogens (tertiary/aromatic N) is 2. The van der Waals surface area contributed by atoms with Crippen molar-refractivity contribution in [2.24, 2.45) is 0 Å². The molecule has 4 rings (SSSR count). The lowest BCUT2D eigenvalue weighted by Gasteiger charge is -2.18. The molecule has 9 heteroatoms. The lowest BCUT2D eigenvalue weighted by molar-refractivity contribution is -0.117. The van der Waals surface area contributed by atoms with Crippen molar-refractivity contribution in [1.29, 1.82) is 5.26 Å². The lowest BCUT2D eigenvalue weighted by Crippen LogP contribution is -2.30. The van der Waals surface area contributed by atoms with E-state index in [9.17, 15) is 14.9 Å². The third-order valence-corrected chi connectivity index (χ3v) is 7.15. The third kappa shape index (κ3) is 5.46. The molecule has 176 valence electrons. The number of hydrogen-bond donors (Lipinski definition) is 1. The zero-order valence-corrected chi connectivity index (χ0v) is 20.8. The van der Waals surface area contributed by atoms with Crippen LogP contribution in [0.1, 0.15) is 5.56 Å². The fraction of sp³-hybridized carbons (Fsp3) is 0.115. The molecule has 1 fully saturated rings. The van der Waals surface area contributed by atoms with Crippen molar-refractivity contribution in [1.82, 2.24) is 0 Å². The molecule has 1 saturated heterocycles. The molecule has 0 bridgehead atoms. The van der Waals surface area contributed by atoms with Crippen LogP contribution in [0.25, 0.3) is 0 Å². The molecule has 1 heterocycles. The van der Waals surface area contributed by atoms with Gasteiger partial charge in [0.05, 0.1) is 12.4 Å². The van der Waals surface area contributed by atoms with Gasteiger partial charge in [-0.2, -0.15) is 5.26 Å². The number of para-hydroxylation sites is 1. The van der Waals surface area contributed by atoms with Crippen LogP contribution in [0.4, 0.5) is 11.4 Å². The number of thioether (sulfide) groups is 1. The normalized spacial score (nSPS) is 16.6. The molecule has 2 amide bonds. The van der Waals surface area contributed by atoms with E-state index in [-0.39, 0.29) is 22.9 Å². The summed E-state index contributed by atoms with van der Waals surface area (Å²) in [6.45, 7) is 0. The maximum Gasteiger partial charge on any atom is 0.269 e. The summed E-state index contributed by atoms with van der Waals surface area (Å²) in [6, 6.07) is 22.7. The van der Waals surface area contributed by atoms with E-state index in [1.54, 1.807) is 73.8 Å². The van der Waals surface area contributed by atoms with Crippen LogP contribution in [-0.2, 0) is 16.0 Å². The number of nitriles is 1. The van der Waals surface area contributed by atoms with Crippen molar-refractivity contribution < 1.29 is 14.3 Å². The highest BCUT2D eigenvalue weighted by atomic mass is 35.5. The van der Waals surface area contributed by atoms with E-state index in [4.69, 9.17) is 27.9 Å². The number of carbonyl (C=O) groups is 2. The number of ether oxygens (including phenoxy) is 1. The van der Waals surface area contributed by atoms with Gasteiger partial charge >= 0.3 is 0 Å². The minimum absolute atomic E-state index is 0.164. The largest absolute Gasteiger partial charge is 0.497 e. The van der Waals surface area contributed by atoms with Gasteiger partial charge in [-0.1, -0.05) is 53.2 Å². The molecule has 0 spiro atoms. The summed E-state index contributed by atoms with van der Waals surface area (Å²) in [4.78, 5) is 28.1. The van der Waals surface area contributed by atoms with Crippen molar-refractivity contribution in [3.8, 4) is 11.8 Å². The molecular weight excluding hydrogens is 505 g/mol. The van der Waals surface area contributed by atoms with E-state index in [0.717, 1.165) is 11.8 Å². The smallest absolute Gasteiger partial charge is 0.269 e. The van der Waals surface area contributed by atoms with Crippen molar-refractivity contribution in [2.45, 2.75) is 11.7 Å². The first-order chi connectivity index (χ1) is 16.9. The number of carbonyl (C=O) groups excluding carboxylic acids is 2. The second-order valence-corrected chi connectivity index (χ2v) is 9.57. The zero-order valence-electron chi connectivity index (χ0n) is 18.5. The van der Waals surface area contributed by atoms with Gasteiger partial charge in [-0.05, 0) is 66.6 Å². The molecule has 0 saturated carbocycles. The van der Waals surface area contributed by atoms with Crippen LogP contribution in [0.5, 0.6) is 5.75 Å². The molecule has 35 heavy (non-hydrogen) atoms. The van der Waals surface area contributed by atoms with Gasteiger partial charge in [0.2, 0.25) is 5.91 Å². The number of halogens is 2. The number of hydrogen-bond acceptors (Lipinski definition) is 5. The monoisotopic (exact) mass is 523 g/mol. The van der Waals surface area contributed by atoms with E-state index >= 15 is 0 Å². The minimum atomic E-state index is -0.615. The van der Waals surface area contributed by atoms with Crippen LogP contribution in [0, 0.1) is 11.3 Å². The first-order valence-corrected chi connectivity index (χ1v) is 12.1. The van der Waals surface area contributed by atoms with E-state index in [2.05, 4.69) is 5.32 Å². The Bertz CT molecular complexity index is 1340. The summed E-state index contributed by atoms with van der Waals surface area (Å²) in [6.07, 6.45) is 0.286. The third-order valence-electron chi connectivity index (χ3n) is 5.28. The Balaban J connectivity index is 1.70. The molecule has 1 N–H and O–H groups in total. The Labute approximate surface area is 217 Å². The first kappa shape index (κ1) is 24.7. The van der Waals surface area contributed by atoms with E-state index < -0.39 is 11.2 Å². The highest BCUT2D eigenvalue weighted by Crippen LogP contribution is 2.42. The number of anilines is 2. The predicted molar refractivity (Wildman–Crippen MR) is 140 cm³/mol. The quantitative estimate of drug-likeness (QED) is 0.313. The maximum atomic E-state index is 13.5. The lowest BCUT2D eigenvalue weighted by atomic mass is 10.1. The molecule has 0 aliphatic carbocycles. The number of amides is 2. The molecule has 1 aliphatic heterocycles. The summed E-state index contributed by atoms with van der Waals surface area (Å²) in [5.74, 6) is -0.232. The van der Waals surface area contributed by atoms with Gasteiger partial charge in [0.15, 0.2) is 0 Å². The SMILES string of the molecule is COc1ccc(NC(=O)/C(C#N)=C2\SC(Cc3cc(Cl)ccc3Cl)C(=O)N2c2ccccc2)cc1. The van der Waals surface area contributed by atoms with Crippen LogP contribution in [-0.4, -0.2) is 24.2 Å². The minimum Gasteiger partial charge on any atom is -0.497 e. The highest BCUT2D eigenvalue weighted by Gasteiger charge is 2.41. The molecule has 3 aromatic rings. The second kappa shape index (κ2) is 10.9. The molecule has 1 atom stereocenters. The fourth-order valence-electron chi connectivity index (χ4n) is 3.57. The summed E-state index contributed by atoms with van der Waals surface area (Å²) in [5, 5.41) is 13.3. The average molecular weight is 524 g/mol. The van der Waals surface area contributed by atoms with Gasteiger partial charge in [-0.3, -0.25) is 14.5 Å². The Morgan fingerprint density at radius 2 is 1.83 bits per heavy atom. The van der Waals surface area contributed by atoms with Crippen LogP contribution < -0.4 is 15.0 Å². The van der Waals surface area contributed by atoms with Crippen molar-refractivity contribution in [2.75, 3.05) is 17.3 Å². The molecule has 6 nitrogen and oxygen atoms in total. The summed E-state index contributed by atoms with van der Waals surface area (Å²) < 4.78 is 5.14. The van der Waals surface area contributed by atoms with E-state index in [0.29, 0.717) is 32.7 Å². The molecule has 3 aromatic carbocycles. The maximum absolute atomic E-state index is 13.5. The van der Waals surface area contributed by atoms with E-state index in [1.165, 1.54) is 4.90 Å². The van der Waals surface area contributed by atoms with Gasteiger partial charge in [0, 0.05) is 21.4 Å². The van der Waals surface area contributed by atoms with Crippen LogP contribution >= 0.6 is 35.0 Å². The predicted octanol–water partition coefficient (Wildman–Crippen LogP) is 6.07. The number of methoxy groups -OCH3 is 1. The van der Waals surface area contributed by atoms with Crippen LogP contribution in [0.2, 0.25) is 10.0 Å². The molecule has 1 aliphatic rings. The molecule has 0 radical (unpaired) electrons. The van der Waals surface area contributed by atoms with Gasteiger partial charge in [-0.25, -0.2) is 0 Å². The fourth-order valence-corrected chi connectivity index (χ4v) is 5.25. The van der Waals surface area contributed by atoms with Gasteiger partial charge in [0.25, 0.3) is 5.91 Å². The Morgan fingerprint density at radius 1 is 1.11 bits per heavy atom. The van der Waals surface area contributed by atoms with E-state index in [1.807, 2.05) is 12.1 Å². The summed E-state index contributed by atoms with van der Waals surface area (Å²) in [7, 11) is 1.55. The summed E-state index contributed by atoms with van der Waals surface area (Å²) >= 11 is 13.6. The van der Waals surface area contributed by atoms with Gasteiger partial charge in [-0.15, -0.1) is 0 Å². The second-order valence-electron chi connectivity index (χ2n) is 7.53. The topological polar surface area (TPSA) is 82.4 Å². The number of nitrogens with one attached hydrogen (secondary N) is 1. The average Bonchev–Trinajstić information content (AvgIpc) is 3.18. The number of rotatable bonds is 6. The number of benzene rings is 3. The van der Waals surface area contributed by atoms with Crippen molar-refractivity contribution >= 4 is 58.2 Å². The molecule has 0 aromatic heterocycles. The standard InChI is InChI=1S/C26H19Cl2N3O3S/c1-34-20-10-8-18(9-11-20)30-24(32)21(15-29)26-31(19-5-3-2-4-6-19)25(33)23(35-26)14-16-13-17(27)7-12-22(16)28/h2-13,23H,14H2,1H3,(H,30,32)/b26-21-. The highest BCUT2D eigenvalue weighted by molar-refractivity contribution is 8.05. The molecule has 1 unspecified atom stereocenters. The van der Waals surface area contributed by atoms with Crippen LogP contribution in [0.3, 0.4) is 0 Å². The van der Waals surface area contributed by atoms with Crippen molar-refractivity contribution in [3.63, 3.8) is 0 Å². The Kier molecular flexibility index (Phi) is 7.67. The summed E-state index contributed by atoms with van der Waals surface area (Å²) in [5.41, 5.74) is 1.60. The van der Waals surface area contributed by atoms with Crippen molar-refractivity contribution in [3.05, 3.63) is 99.0 Å². The zero-order chi connectivity index (χ0) is 24.9.